The number of hydrogen-bond donors (Lipinski definition) is 0. The lowest BCUT2D eigenvalue weighted by atomic mass is 10.1. The van der Waals surface area contributed by atoms with E-state index >= 15 is 0 Å². The molecule has 1 aromatic heterocycles. The van der Waals surface area contributed by atoms with Crippen LogP contribution in [0.25, 0.3) is 0 Å². The molecule has 0 atom stereocenters. The van der Waals surface area contributed by atoms with Crippen molar-refractivity contribution in [3.8, 4) is 0 Å². The maximum atomic E-state index is 12.9. The number of nitrogens with zero attached hydrogens (tertiary/aromatic N) is 5. The molecule has 1 aromatic carbocycles. The van der Waals surface area contributed by atoms with Gasteiger partial charge in [0.05, 0.1) is 13.2 Å². The molecular formula is C23H29N5O3S. The number of piperazine rings is 1. The fraction of sp³-hybridized carbons (Fsp3) is 0.478. The first kappa shape index (κ1) is 22.5. The zero-order valence-electron chi connectivity index (χ0n) is 18.6. The van der Waals surface area contributed by atoms with Gasteiger partial charge in [-0.2, -0.15) is 0 Å². The summed E-state index contributed by atoms with van der Waals surface area (Å²) >= 11 is 1.58. The van der Waals surface area contributed by atoms with E-state index in [9.17, 15) is 9.59 Å². The molecule has 2 aliphatic rings. The van der Waals surface area contributed by atoms with Gasteiger partial charge in [0.1, 0.15) is 5.82 Å². The fourth-order valence-corrected chi connectivity index (χ4v) is 4.74. The molecule has 2 fully saturated rings. The molecule has 2 aromatic rings. The quantitative estimate of drug-likeness (QED) is 0.505. The van der Waals surface area contributed by atoms with Gasteiger partial charge in [-0.05, 0) is 24.6 Å². The molecule has 8 nitrogen and oxygen atoms in total. The van der Waals surface area contributed by atoms with Gasteiger partial charge in [0, 0.05) is 69.3 Å². The van der Waals surface area contributed by atoms with E-state index in [4.69, 9.17) is 9.72 Å². The van der Waals surface area contributed by atoms with Crippen molar-refractivity contribution in [3.05, 3.63) is 47.2 Å². The van der Waals surface area contributed by atoms with Crippen LogP contribution in [0.4, 0.5) is 5.82 Å². The van der Waals surface area contributed by atoms with Crippen molar-refractivity contribution in [3.63, 3.8) is 0 Å². The minimum atomic E-state index is 0.0152. The maximum absolute atomic E-state index is 12.9. The van der Waals surface area contributed by atoms with Gasteiger partial charge in [-0.25, -0.2) is 9.97 Å². The summed E-state index contributed by atoms with van der Waals surface area (Å²) in [6.07, 6.45) is 0. The first-order valence-electron chi connectivity index (χ1n) is 10.9. The van der Waals surface area contributed by atoms with Crippen molar-refractivity contribution < 1.29 is 14.3 Å². The third kappa shape index (κ3) is 5.58. The van der Waals surface area contributed by atoms with Gasteiger partial charge < -0.3 is 19.4 Å². The van der Waals surface area contributed by atoms with E-state index in [1.165, 1.54) is 0 Å². The van der Waals surface area contributed by atoms with Crippen LogP contribution in [0, 0.1) is 6.92 Å². The van der Waals surface area contributed by atoms with Crippen molar-refractivity contribution in [2.24, 2.45) is 0 Å². The first-order valence-corrected chi connectivity index (χ1v) is 11.9. The van der Waals surface area contributed by atoms with E-state index in [1.807, 2.05) is 42.2 Å². The van der Waals surface area contributed by atoms with Crippen LogP contribution in [-0.2, 0) is 15.3 Å². The molecule has 32 heavy (non-hydrogen) atoms. The average Bonchev–Trinajstić information content (AvgIpc) is 2.83. The third-order valence-corrected chi connectivity index (χ3v) is 6.63. The monoisotopic (exact) mass is 455 g/mol. The van der Waals surface area contributed by atoms with E-state index < -0.39 is 0 Å². The summed E-state index contributed by atoms with van der Waals surface area (Å²) in [6, 6.07) is 9.76. The normalized spacial score (nSPS) is 16.9. The van der Waals surface area contributed by atoms with Crippen LogP contribution in [0.15, 0.2) is 35.5 Å². The molecular weight excluding hydrogens is 426 g/mol. The molecule has 0 bridgehead atoms. The first-order chi connectivity index (χ1) is 15.5. The molecule has 0 saturated carbocycles. The topological polar surface area (TPSA) is 78.9 Å². The largest absolute Gasteiger partial charge is 0.378 e. The van der Waals surface area contributed by atoms with E-state index in [0.29, 0.717) is 37.5 Å². The highest BCUT2D eigenvalue weighted by Gasteiger charge is 2.23. The van der Waals surface area contributed by atoms with Crippen LogP contribution in [0.1, 0.15) is 28.5 Å². The molecule has 2 saturated heterocycles. The Morgan fingerprint density at radius 3 is 2.44 bits per heavy atom. The molecule has 2 amide bonds. The average molecular weight is 456 g/mol. The van der Waals surface area contributed by atoms with Gasteiger partial charge in [0.2, 0.25) is 5.91 Å². The molecule has 0 radical (unpaired) electrons. The van der Waals surface area contributed by atoms with Gasteiger partial charge in [0.25, 0.3) is 5.91 Å². The van der Waals surface area contributed by atoms with Crippen LogP contribution < -0.4 is 4.90 Å². The predicted octanol–water partition coefficient (Wildman–Crippen LogP) is 2.22. The van der Waals surface area contributed by atoms with Crippen LogP contribution in [0.5, 0.6) is 0 Å². The number of rotatable bonds is 5. The van der Waals surface area contributed by atoms with Gasteiger partial charge >= 0.3 is 0 Å². The van der Waals surface area contributed by atoms with Crippen LogP contribution in [0.3, 0.4) is 0 Å². The Bertz CT molecular complexity index is 972. The maximum Gasteiger partial charge on any atom is 0.253 e. The summed E-state index contributed by atoms with van der Waals surface area (Å²) in [5, 5.41) is 0.739. The highest BCUT2D eigenvalue weighted by molar-refractivity contribution is 7.98. The standard InChI is InChI=1S/C23H29N5O3S/c1-17-14-21(27-10-12-31-13-11-27)25-23(24-17)32-16-19-4-3-5-20(15-19)22(30)28-8-6-26(7-9-28)18(2)29/h3-5,14-15H,6-13,16H2,1-2H3. The Labute approximate surface area is 192 Å². The zero-order chi connectivity index (χ0) is 22.5. The lowest BCUT2D eigenvalue weighted by Gasteiger charge is -2.34. The summed E-state index contributed by atoms with van der Waals surface area (Å²) in [4.78, 5) is 39.6. The summed E-state index contributed by atoms with van der Waals surface area (Å²) in [5.74, 6) is 1.70. The molecule has 3 heterocycles. The lowest BCUT2D eigenvalue weighted by Crippen LogP contribution is -2.50. The van der Waals surface area contributed by atoms with E-state index in [1.54, 1.807) is 23.6 Å². The SMILES string of the molecule is CC(=O)N1CCN(C(=O)c2cccc(CSc3nc(C)cc(N4CCOCC4)n3)c2)CC1. The second kappa shape index (κ2) is 10.3. The highest BCUT2D eigenvalue weighted by atomic mass is 32.2. The van der Waals surface area contributed by atoms with E-state index in [0.717, 1.165) is 48.5 Å². The second-order valence-electron chi connectivity index (χ2n) is 8.04. The minimum Gasteiger partial charge on any atom is -0.378 e. The zero-order valence-corrected chi connectivity index (χ0v) is 19.4. The van der Waals surface area contributed by atoms with Gasteiger partial charge in [0.15, 0.2) is 5.16 Å². The number of ether oxygens (including phenoxy) is 1. The number of carbonyl (C=O) groups is 2. The van der Waals surface area contributed by atoms with Crippen LogP contribution in [0.2, 0.25) is 0 Å². The lowest BCUT2D eigenvalue weighted by molar-refractivity contribution is -0.130. The number of amides is 2. The second-order valence-corrected chi connectivity index (χ2v) is 8.98. The number of thioether (sulfide) groups is 1. The number of carbonyl (C=O) groups excluding carboxylic acids is 2. The molecule has 9 heteroatoms. The molecule has 0 unspecified atom stereocenters. The van der Waals surface area contributed by atoms with Gasteiger partial charge in [-0.1, -0.05) is 23.9 Å². The predicted molar refractivity (Wildman–Crippen MR) is 124 cm³/mol. The highest BCUT2D eigenvalue weighted by Crippen LogP contribution is 2.24. The van der Waals surface area contributed by atoms with Crippen molar-refractivity contribution in [1.29, 1.82) is 0 Å². The van der Waals surface area contributed by atoms with Crippen LogP contribution in [-0.4, -0.2) is 84.1 Å². The number of benzene rings is 1. The molecule has 4 rings (SSSR count). The van der Waals surface area contributed by atoms with E-state index in [-0.39, 0.29) is 11.8 Å². The molecule has 0 N–H and O–H groups in total. The minimum absolute atomic E-state index is 0.0152. The fourth-order valence-electron chi connectivity index (χ4n) is 3.89. The van der Waals surface area contributed by atoms with Crippen molar-refractivity contribution in [2.45, 2.75) is 24.8 Å². The number of aryl methyl sites for hydroxylation is 1. The summed E-state index contributed by atoms with van der Waals surface area (Å²) in [6.45, 7) is 8.99. The summed E-state index contributed by atoms with van der Waals surface area (Å²) < 4.78 is 5.44. The number of anilines is 1. The van der Waals surface area contributed by atoms with Crippen molar-refractivity contribution in [2.75, 3.05) is 57.4 Å². The Morgan fingerprint density at radius 1 is 1.00 bits per heavy atom. The third-order valence-electron chi connectivity index (χ3n) is 5.71. The molecule has 0 spiro atoms. The van der Waals surface area contributed by atoms with Gasteiger partial charge in [-0.15, -0.1) is 0 Å². The van der Waals surface area contributed by atoms with Crippen molar-refractivity contribution in [1.82, 2.24) is 19.8 Å². The van der Waals surface area contributed by atoms with Gasteiger partial charge in [-0.3, -0.25) is 9.59 Å². The number of aromatic nitrogens is 2. The smallest absolute Gasteiger partial charge is 0.253 e. The Hall–Kier alpha value is -2.65. The van der Waals surface area contributed by atoms with Crippen LogP contribution >= 0.6 is 11.8 Å². The Balaban J connectivity index is 1.39. The molecule has 0 aliphatic carbocycles. The summed E-state index contributed by atoms with van der Waals surface area (Å²) in [7, 11) is 0. The molecule has 170 valence electrons. The van der Waals surface area contributed by atoms with E-state index in [2.05, 4.69) is 9.88 Å². The number of morpholine rings is 1. The number of hydrogen-bond acceptors (Lipinski definition) is 7. The molecule has 2 aliphatic heterocycles. The Morgan fingerprint density at radius 2 is 1.72 bits per heavy atom. The summed E-state index contributed by atoms with van der Waals surface area (Å²) in [5.41, 5.74) is 2.68. The Kier molecular flexibility index (Phi) is 7.26. The van der Waals surface area contributed by atoms with Crippen molar-refractivity contribution >= 4 is 29.4 Å².